The van der Waals surface area contributed by atoms with Gasteiger partial charge in [-0.1, -0.05) is 25.1 Å². The lowest BCUT2D eigenvalue weighted by Gasteiger charge is -2.23. The lowest BCUT2D eigenvalue weighted by molar-refractivity contribution is 0.129. The van der Waals surface area contributed by atoms with Gasteiger partial charge in [0.1, 0.15) is 23.5 Å². The van der Waals surface area contributed by atoms with Gasteiger partial charge in [-0.2, -0.15) is 0 Å². The van der Waals surface area contributed by atoms with E-state index in [1.54, 1.807) is 6.33 Å². The monoisotopic (exact) mass is 372 g/mol. The number of ether oxygens (including phenoxy) is 1. The molecule has 7 nitrogen and oxygen atoms in total. The number of guanidine groups is 1. The number of para-hydroxylation sites is 1. The molecule has 0 fully saturated rings. The number of hydrogen-bond donors (Lipinski definition) is 2. The van der Waals surface area contributed by atoms with Gasteiger partial charge in [-0.05, 0) is 33.8 Å². The summed E-state index contributed by atoms with van der Waals surface area (Å²) in [7, 11) is 0. The van der Waals surface area contributed by atoms with Crippen LogP contribution in [0, 0.1) is 0 Å². The fourth-order valence-electron chi connectivity index (χ4n) is 2.60. The largest absolute Gasteiger partial charge is 0.488 e. The maximum Gasteiger partial charge on any atom is 0.191 e. The Morgan fingerprint density at radius 3 is 2.67 bits per heavy atom. The molecule has 0 aliphatic heterocycles. The molecule has 0 saturated carbocycles. The second kappa shape index (κ2) is 9.94. The minimum absolute atomic E-state index is 0.238. The van der Waals surface area contributed by atoms with Crippen molar-refractivity contribution >= 4 is 5.96 Å². The van der Waals surface area contributed by atoms with Crippen molar-refractivity contribution in [2.75, 3.05) is 13.1 Å². The molecule has 2 rings (SSSR count). The van der Waals surface area contributed by atoms with E-state index in [2.05, 4.69) is 45.3 Å². The second-order valence-corrected chi connectivity index (χ2v) is 7.24. The van der Waals surface area contributed by atoms with Gasteiger partial charge in [-0.15, -0.1) is 10.2 Å². The smallest absolute Gasteiger partial charge is 0.191 e. The van der Waals surface area contributed by atoms with Crippen LogP contribution < -0.4 is 15.4 Å². The summed E-state index contributed by atoms with van der Waals surface area (Å²) in [6.07, 6.45) is 2.64. The molecular formula is C20H32N6O. The Morgan fingerprint density at radius 2 is 1.96 bits per heavy atom. The van der Waals surface area contributed by atoms with Gasteiger partial charge in [0.25, 0.3) is 0 Å². The van der Waals surface area contributed by atoms with Crippen LogP contribution >= 0.6 is 0 Å². The SMILES string of the molecule is CCNC(=NCc1ccccc1OC(C)(C)C)NCCn1cnnc1CC. The molecule has 0 radical (unpaired) electrons. The molecule has 0 bridgehead atoms. The van der Waals surface area contributed by atoms with Crippen LogP contribution in [0.1, 0.15) is 46.0 Å². The van der Waals surface area contributed by atoms with Crippen LogP contribution in [-0.2, 0) is 19.5 Å². The second-order valence-electron chi connectivity index (χ2n) is 7.24. The van der Waals surface area contributed by atoms with Crippen molar-refractivity contribution in [3.8, 4) is 5.75 Å². The zero-order valence-corrected chi connectivity index (χ0v) is 17.1. The highest BCUT2D eigenvalue weighted by atomic mass is 16.5. The summed E-state index contributed by atoms with van der Waals surface area (Å²) >= 11 is 0. The minimum atomic E-state index is -0.238. The topological polar surface area (TPSA) is 76.4 Å². The van der Waals surface area contributed by atoms with Gasteiger partial charge in [0.15, 0.2) is 5.96 Å². The average molecular weight is 373 g/mol. The first kappa shape index (κ1) is 20.7. The van der Waals surface area contributed by atoms with E-state index in [-0.39, 0.29) is 5.60 Å². The lowest BCUT2D eigenvalue weighted by atomic mass is 10.1. The van der Waals surface area contributed by atoms with E-state index in [0.29, 0.717) is 6.54 Å². The molecule has 1 aromatic carbocycles. The Bertz CT molecular complexity index is 732. The van der Waals surface area contributed by atoms with Gasteiger partial charge in [0, 0.05) is 31.6 Å². The molecule has 0 unspecified atom stereocenters. The zero-order chi connectivity index (χ0) is 19.7. The third kappa shape index (κ3) is 6.92. The quantitative estimate of drug-likeness (QED) is 0.550. The van der Waals surface area contributed by atoms with Crippen LogP contribution in [0.15, 0.2) is 35.6 Å². The minimum Gasteiger partial charge on any atom is -0.488 e. The van der Waals surface area contributed by atoms with Crippen LogP contribution in [-0.4, -0.2) is 39.4 Å². The van der Waals surface area contributed by atoms with E-state index in [0.717, 1.165) is 49.2 Å². The predicted octanol–water partition coefficient (Wildman–Crippen LogP) is 2.77. The van der Waals surface area contributed by atoms with Crippen LogP contribution in [0.25, 0.3) is 0 Å². The molecule has 1 heterocycles. The Hall–Kier alpha value is -2.57. The fourth-order valence-corrected chi connectivity index (χ4v) is 2.60. The highest BCUT2D eigenvalue weighted by Crippen LogP contribution is 2.23. The number of aromatic nitrogens is 3. The van der Waals surface area contributed by atoms with E-state index in [1.165, 1.54) is 0 Å². The van der Waals surface area contributed by atoms with Gasteiger partial charge in [0.05, 0.1) is 6.54 Å². The highest BCUT2D eigenvalue weighted by molar-refractivity contribution is 5.79. The van der Waals surface area contributed by atoms with Crippen LogP contribution in [0.5, 0.6) is 5.75 Å². The van der Waals surface area contributed by atoms with E-state index < -0.39 is 0 Å². The summed E-state index contributed by atoms with van der Waals surface area (Å²) in [4.78, 5) is 4.71. The number of rotatable bonds is 8. The molecule has 148 valence electrons. The number of benzene rings is 1. The highest BCUT2D eigenvalue weighted by Gasteiger charge is 2.14. The normalized spacial score (nSPS) is 12.1. The van der Waals surface area contributed by atoms with Crippen LogP contribution in [0.2, 0.25) is 0 Å². The summed E-state index contributed by atoms with van der Waals surface area (Å²) in [6, 6.07) is 8.05. The molecule has 2 N–H and O–H groups in total. The molecule has 2 aromatic rings. The van der Waals surface area contributed by atoms with Crippen molar-refractivity contribution in [1.29, 1.82) is 0 Å². The molecule has 1 aromatic heterocycles. The van der Waals surface area contributed by atoms with Gasteiger partial charge in [-0.3, -0.25) is 0 Å². The van der Waals surface area contributed by atoms with Gasteiger partial charge in [-0.25, -0.2) is 4.99 Å². The Kier molecular flexibility index (Phi) is 7.64. The summed E-state index contributed by atoms with van der Waals surface area (Å²) in [6.45, 7) is 13.2. The first-order valence-corrected chi connectivity index (χ1v) is 9.58. The van der Waals surface area contributed by atoms with E-state index in [9.17, 15) is 0 Å². The Morgan fingerprint density at radius 1 is 1.19 bits per heavy atom. The molecule has 7 heteroatoms. The summed E-state index contributed by atoms with van der Waals surface area (Å²) in [5.74, 6) is 2.66. The molecule has 27 heavy (non-hydrogen) atoms. The van der Waals surface area contributed by atoms with Gasteiger partial charge in [0.2, 0.25) is 0 Å². The fraction of sp³-hybridized carbons (Fsp3) is 0.550. The first-order valence-electron chi connectivity index (χ1n) is 9.58. The van der Waals surface area contributed by atoms with Crippen molar-refractivity contribution in [2.45, 2.75) is 59.7 Å². The van der Waals surface area contributed by atoms with Gasteiger partial charge < -0.3 is 19.9 Å². The predicted molar refractivity (Wildman–Crippen MR) is 109 cm³/mol. The van der Waals surface area contributed by atoms with Crippen molar-refractivity contribution in [3.63, 3.8) is 0 Å². The summed E-state index contributed by atoms with van der Waals surface area (Å²) < 4.78 is 8.11. The number of nitrogens with zero attached hydrogens (tertiary/aromatic N) is 4. The maximum absolute atomic E-state index is 6.05. The molecule has 0 atom stereocenters. The molecular weight excluding hydrogens is 340 g/mol. The van der Waals surface area contributed by atoms with Crippen molar-refractivity contribution < 1.29 is 4.74 Å². The number of aryl methyl sites for hydroxylation is 1. The Balaban J connectivity index is 1.99. The van der Waals surface area contributed by atoms with E-state index >= 15 is 0 Å². The molecule has 0 aliphatic carbocycles. The standard InChI is InChI=1S/C20H32N6O/c1-6-18-25-24-15-26(18)13-12-22-19(21-7-2)23-14-16-10-8-9-11-17(16)27-20(3,4)5/h8-11,15H,6-7,12-14H2,1-5H3,(H2,21,22,23). The van der Waals surface area contributed by atoms with E-state index in [4.69, 9.17) is 9.73 Å². The number of aliphatic imine (C=N–C) groups is 1. The van der Waals surface area contributed by atoms with E-state index in [1.807, 2.05) is 39.0 Å². The third-order valence-corrected chi connectivity index (χ3v) is 3.80. The molecule has 0 amide bonds. The van der Waals surface area contributed by atoms with Crippen molar-refractivity contribution in [1.82, 2.24) is 25.4 Å². The average Bonchev–Trinajstić information content (AvgIpc) is 3.07. The Labute approximate surface area is 162 Å². The van der Waals surface area contributed by atoms with Crippen molar-refractivity contribution in [2.24, 2.45) is 4.99 Å². The number of nitrogens with one attached hydrogen (secondary N) is 2. The third-order valence-electron chi connectivity index (χ3n) is 3.80. The van der Waals surface area contributed by atoms with Crippen LogP contribution in [0.4, 0.5) is 0 Å². The summed E-state index contributed by atoms with van der Waals surface area (Å²) in [5, 5.41) is 14.7. The maximum atomic E-state index is 6.05. The van der Waals surface area contributed by atoms with Crippen molar-refractivity contribution in [3.05, 3.63) is 42.0 Å². The molecule has 0 aliphatic rings. The lowest BCUT2D eigenvalue weighted by Crippen LogP contribution is -2.39. The summed E-state index contributed by atoms with van der Waals surface area (Å²) in [5.41, 5.74) is 0.829. The van der Waals surface area contributed by atoms with Crippen LogP contribution in [0.3, 0.4) is 0 Å². The first-order chi connectivity index (χ1) is 12.9. The molecule has 0 saturated heterocycles. The number of hydrogen-bond acceptors (Lipinski definition) is 4. The zero-order valence-electron chi connectivity index (χ0n) is 17.1. The molecule has 0 spiro atoms. The van der Waals surface area contributed by atoms with Gasteiger partial charge >= 0.3 is 0 Å².